The molecule has 3 heteroatoms. The molecule has 0 aromatic heterocycles. The second-order valence-corrected chi connectivity index (χ2v) is 5.52. The van der Waals surface area contributed by atoms with E-state index in [0.29, 0.717) is 0 Å². The first-order valence-corrected chi connectivity index (χ1v) is 7.16. The van der Waals surface area contributed by atoms with Crippen molar-refractivity contribution in [3.63, 3.8) is 0 Å². The van der Waals surface area contributed by atoms with Crippen molar-refractivity contribution in [3.8, 4) is 0 Å². The van der Waals surface area contributed by atoms with Gasteiger partial charge >= 0.3 is 0 Å². The molecule has 1 N–H and O–H groups in total. The summed E-state index contributed by atoms with van der Waals surface area (Å²) in [6.07, 6.45) is 3.34. The summed E-state index contributed by atoms with van der Waals surface area (Å²) in [6.45, 7) is 3.98. The minimum atomic E-state index is -0.130. The van der Waals surface area contributed by atoms with E-state index in [1.807, 2.05) is 56.3 Å². The summed E-state index contributed by atoms with van der Waals surface area (Å²) in [6, 6.07) is 13.8. The molecule has 0 unspecified atom stereocenters. The average Bonchev–Trinajstić information content (AvgIpc) is 2.42. The monoisotopic (exact) mass is 329 g/mol. The summed E-state index contributed by atoms with van der Waals surface area (Å²) in [4.78, 5) is 11.9. The van der Waals surface area contributed by atoms with Gasteiger partial charge in [-0.15, -0.1) is 0 Å². The molecule has 2 aromatic carbocycles. The molecule has 2 nitrogen and oxygen atoms in total. The standard InChI is InChI=1S/C17H16BrNO/c1-12-7-8-13(2)16(11-12)19-17(20)10-9-14-5-3-4-6-15(14)18/h3-11H,1-2H3,(H,19,20)/b10-9+. The van der Waals surface area contributed by atoms with E-state index in [1.54, 1.807) is 12.2 Å². The molecule has 0 heterocycles. The Bertz CT molecular complexity index is 662. The maximum atomic E-state index is 11.9. The first-order chi connectivity index (χ1) is 9.56. The summed E-state index contributed by atoms with van der Waals surface area (Å²) < 4.78 is 0.968. The molecule has 1 amide bonds. The number of carbonyl (C=O) groups excluding carboxylic acids is 1. The molecule has 2 rings (SSSR count). The van der Waals surface area contributed by atoms with E-state index in [2.05, 4.69) is 21.2 Å². The molecule has 2 aromatic rings. The van der Waals surface area contributed by atoms with Gasteiger partial charge in [-0.25, -0.2) is 0 Å². The van der Waals surface area contributed by atoms with Crippen LogP contribution in [0.4, 0.5) is 5.69 Å². The fourth-order valence-corrected chi connectivity index (χ4v) is 2.24. The quantitative estimate of drug-likeness (QED) is 0.811. The van der Waals surface area contributed by atoms with Crippen molar-refractivity contribution in [2.75, 3.05) is 5.32 Å². The number of amides is 1. The van der Waals surface area contributed by atoms with Gasteiger partial charge in [0.15, 0.2) is 0 Å². The highest BCUT2D eigenvalue weighted by Crippen LogP contribution is 2.18. The molecule has 0 bridgehead atoms. The van der Waals surface area contributed by atoms with Gasteiger partial charge in [-0.3, -0.25) is 4.79 Å². The lowest BCUT2D eigenvalue weighted by molar-refractivity contribution is -0.111. The molecule has 20 heavy (non-hydrogen) atoms. The van der Waals surface area contributed by atoms with Crippen molar-refractivity contribution in [3.05, 3.63) is 69.7 Å². The Kier molecular flexibility index (Phi) is 4.74. The average molecular weight is 330 g/mol. The largest absolute Gasteiger partial charge is 0.322 e. The van der Waals surface area contributed by atoms with Crippen LogP contribution in [0.15, 0.2) is 53.0 Å². The topological polar surface area (TPSA) is 29.1 Å². The number of rotatable bonds is 3. The smallest absolute Gasteiger partial charge is 0.248 e. The summed E-state index contributed by atoms with van der Waals surface area (Å²) >= 11 is 3.45. The van der Waals surface area contributed by atoms with Crippen molar-refractivity contribution in [2.24, 2.45) is 0 Å². The van der Waals surface area contributed by atoms with Crippen LogP contribution in [-0.2, 0) is 4.79 Å². The van der Waals surface area contributed by atoms with Gasteiger partial charge in [0.1, 0.15) is 0 Å². The highest BCUT2D eigenvalue weighted by atomic mass is 79.9. The third-order valence-corrected chi connectivity index (χ3v) is 3.69. The third-order valence-electron chi connectivity index (χ3n) is 2.97. The molecular formula is C17H16BrNO. The van der Waals surface area contributed by atoms with Gasteiger partial charge in [-0.2, -0.15) is 0 Å². The number of carbonyl (C=O) groups is 1. The fourth-order valence-electron chi connectivity index (χ4n) is 1.82. The van der Waals surface area contributed by atoms with Crippen LogP contribution < -0.4 is 5.32 Å². The molecule has 102 valence electrons. The van der Waals surface area contributed by atoms with Gasteiger partial charge in [0, 0.05) is 16.2 Å². The predicted molar refractivity (Wildman–Crippen MR) is 87.7 cm³/mol. The van der Waals surface area contributed by atoms with E-state index < -0.39 is 0 Å². The lowest BCUT2D eigenvalue weighted by Crippen LogP contribution is -2.09. The molecule has 0 aliphatic carbocycles. The minimum absolute atomic E-state index is 0.130. The van der Waals surface area contributed by atoms with Crippen LogP contribution in [-0.4, -0.2) is 5.91 Å². The molecule has 0 radical (unpaired) electrons. The molecule has 0 saturated heterocycles. The van der Waals surface area contributed by atoms with Crippen molar-refractivity contribution in [1.29, 1.82) is 0 Å². The summed E-state index contributed by atoms with van der Waals surface area (Å²) in [7, 11) is 0. The Morgan fingerprint density at radius 2 is 1.90 bits per heavy atom. The number of hydrogen-bond acceptors (Lipinski definition) is 1. The zero-order chi connectivity index (χ0) is 14.5. The van der Waals surface area contributed by atoms with Crippen LogP contribution in [0.1, 0.15) is 16.7 Å². The van der Waals surface area contributed by atoms with Crippen LogP contribution in [0.5, 0.6) is 0 Å². The highest BCUT2D eigenvalue weighted by molar-refractivity contribution is 9.10. The summed E-state index contributed by atoms with van der Waals surface area (Å²) in [5.41, 5.74) is 4.01. The Morgan fingerprint density at radius 3 is 2.65 bits per heavy atom. The number of halogens is 1. The van der Waals surface area contributed by atoms with Gasteiger partial charge in [0.2, 0.25) is 5.91 Å². The Morgan fingerprint density at radius 1 is 1.15 bits per heavy atom. The lowest BCUT2D eigenvalue weighted by atomic mass is 10.1. The maximum absolute atomic E-state index is 11.9. The Balaban J connectivity index is 2.10. The number of aryl methyl sites for hydroxylation is 2. The normalized spacial score (nSPS) is 10.8. The lowest BCUT2D eigenvalue weighted by Gasteiger charge is -2.07. The van der Waals surface area contributed by atoms with Gasteiger partial charge in [-0.05, 0) is 48.7 Å². The zero-order valence-electron chi connectivity index (χ0n) is 11.5. The zero-order valence-corrected chi connectivity index (χ0v) is 13.1. The molecular weight excluding hydrogens is 314 g/mol. The number of benzene rings is 2. The third kappa shape index (κ3) is 3.81. The van der Waals surface area contributed by atoms with Gasteiger partial charge in [0.25, 0.3) is 0 Å². The maximum Gasteiger partial charge on any atom is 0.248 e. The van der Waals surface area contributed by atoms with Crippen molar-refractivity contribution >= 4 is 33.6 Å². The summed E-state index contributed by atoms with van der Waals surface area (Å²) in [5.74, 6) is -0.130. The second-order valence-electron chi connectivity index (χ2n) is 4.66. The number of anilines is 1. The van der Waals surface area contributed by atoms with E-state index >= 15 is 0 Å². The first-order valence-electron chi connectivity index (χ1n) is 6.37. The molecule has 0 atom stereocenters. The van der Waals surface area contributed by atoms with Crippen LogP contribution >= 0.6 is 15.9 Å². The van der Waals surface area contributed by atoms with E-state index in [9.17, 15) is 4.79 Å². The Labute approximate surface area is 127 Å². The molecule has 0 fully saturated rings. The molecule has 0 aliphatic heterocycles. The second kappa shape index (κ2) is 6.53. The molecule has 0 saturated carbocycles. The van der Waals surface area contributed by atoms with E-state index in [-0.39, 0.29) is 5.91 Å². The van der Waals surface area contributed by atoms with Crippen LogP contribution in [0.3, 0.4) is 0 Å². The van der Waals surface area contributed by atoms with E-state index in [0.717, 1.165) is 26.9 Å². The highest BCUT2D eigenvalue weighted by Gasteiger charge is 2.02. The van der Waals surface area contributed by atoms with Gasteiger partial charge in [0.05, 0.1) is 0 Å². The van der Waals surface area contributed by atoms with E-state index in [4.69, 9.17) is 0 Å². The predicted octanol–water partition coefficient (Wildman–Crippen LogP) is 4.72. The van der Waals surface area contributed by atoms with E-state index in [1.165, 1.54) is 0 Å². The molecule has 0 aliphatic rings. The number of hydrogen-bond donors (Lipinski definition) is 1. The fraction of sp³-hybridized carbons (Fsp3) is 0.118. The van der Waals surface area contributed by atoms with Crippen LogP contribution in [0, 0.1) is 13.8 Å². The van der Waals surface area contributed by atoms with Gasteiger partial charge in [-0.1, -0.05) is 46.3 Å². The van der Waals surface area contributed by atoms with Gasteiger partial charge < -0.3 is 5.32 Å². The Hall–Kier alpha value is -1.87. The summed E-state index contributed by atoms with van der Waals surface area (Å²) in [5, 5.41) is 2.90. The number of nitrogens with one attached hydrogen (secondary N) is 1. The SMILES string of the molecule is Cc1ccc(C)c(NC(=O)/C=C/c2ccccc2Br)c1. The van der Waals surface area contributed by atoms with Crippen molar-refractivity contribution in [2.45, 2.75) is 13.8 Å². The minimum Gasteiger partial charge on any atom is -0.322 e. The van der Waals surface area contributed by atoms with Crippen molar-refractivity contribution < 1.29 is 4.79 Å². The molecule has 0 spiro atoms. The van der Waals surface area contributed by atoms with Crippen molar-refractivity contribution in [1.82, 2.24) is 0 Å². The van der Waals surface area contributed by atoms with Crippen LogP contribution in [0.25, 0.3) is 6.08 Å². The van der Waals surface area contributed by atoms with Crippen LogP contribution in [0.2, 0.25) is 0 Å². The first kappa shape index (κ1) is 14.5.